The minimum Gasteiger partial charge on any atom is -0.490 e. The van der Waals surface area contributed by atoms with Gasteiger partial charge < -0.3 is 19.9 Å². The fraction of sp³-hybridized carbons (Fsp3) is 0.529. The lowest BCUT2D eigenvalue weighted by Gasteiger charge is -2.29. The number of nitrogens with one attached hydrogen (secondary N) is 1. The summed E-state index contributed by atoms with van der Waals surface area (Å²) in [6, 6.07) is 7.25. The second-order valence-electron chi connectivity index (χ2n) is 6.09. The van der Waals surface area contributed by atoms with Crippen LogP contribution in [0.3, 0.4) is 0 Å². The van der Waals surface area contributed by atoms with E-state index in [2.05, 4.69) is 5.32 Å². The first-order valence-corrected chi connectivity index (χ1v) is 8.67. The zero-order chi connectivity index (χ0) is 16.9. The van der Waals surface area contributed by atoms with Gasteiger partial charge in [0, 0.05) is 39.1 Å². The van der Waals surface area contributed by atoms with Gasteiger partial charge in [-0.1, -0.05) is 23.7 Å². The molecular weight excluding hydrogens is 330 g/mol. The number of para-hydroxylation sites is 1. The molecule has 2 fully saturated rings. The van der Waals surface area contributed by atoms with Crippen LogP contribution >= 0.6 is 11.6 Å². The Morgan fingerprint density at radius 2 is 2.04 bits per heavy atom. The van der Waals surface area contributed by atoms with Crippen LogP contribution < -0.4 is 10.1 Å². The number of hydrogen-bond donors (Lipinski definition) is 1. The van der Waals surface area contributed by atoms with Crippen LogP contribution in [0, 0.1) is 5.92 Å². The number of nitrogens with zero attached hydrogens (tertiary/aromatic N) is 2. The first kappa shape index (κ1) is 17.0. The third-order valence-electron chi connectivity index (χ3n) is 4.45. The van der Waals surface area contributed by atoms with Crippen LogP contribution in [0.5, 0.6) is 5.75 Å². The molecule has 2 aliphatic rings. The summed E-state index contributed by atoms with van der Waals surface area (Å²) in [6.07, 6.45) is 0.300. The van der Waals surface area contributed by atoms with E-state index in [0.29, 0.717) is 36.9 Å². The van der Waals surface area contributed by atoms with Crippen LogP contribution in [0.25, 0.3) is 0 Å². The highest BCUT2D eigenvalue weighted by atomic mass is 35.5. The lowest BCUT2D eigenvalue weighted by molar-refractivity contribution is -0.136. The first-order valence-electron chi connectivity index (χ1n) is 8.30. The molecule has 0 radical (unpaired) electrons. The molecule has 130 valence electrons. The first-order chi connectivity index (χ1) is 11.6. The van der Waals surface area contributed by atoms with Crippen molar-refractivity contribution < 1.29 is 14.3 Å². The van der Waals surface area contributed by atoms with E-state index in [0.717, 1.165) is 26.2 Å². The fourth-order valence-electron chi connectivity index (χ4n) is 3.12. The molecule has 1 atom stereocenters. The van der Waals surface area contributed by atoms with Crippen LogP contribution in [0.15, 0.2) is 24.3 Å². The SMILES string of the molecule is O=C1CC(C(=O)N2CCNCC2)CN1CCOc1ccccc1Cl. The number of hydrogen-bond acceptors (Lipinski definition) is 4. The van der Waals surface area contributed by atoms with Crippen molar-refractivity contribution in [3.05, 3.63) is 29.3 Å². The molecule has 3 rings (SSSR count). The maximum absolute atomic E-state index is 12.5. The summed E-state index contributed by atoms with van der Waals surface area (Å²) in [5, 5.41) is 3.78. The predicted molar refractivity (Wildman–Crippen MR) is 91.1 cm³/mol. The van der Waals surface area contributed by atoms with Crippen molar-refractivity contribution in [2.45, 2.75) is 6.42 Å². The molecular formula is C17H22ClN3O3. The summed E-state index contributed by atoms with van der Waals surface area (Å²) in [5.41, 5.74) is 0. The molecule has 0 aliphatic carbocycles. The van der Waals surface area contributed by atoms with E-state index in [4.69, 9.17) is 16.3 Å². The average molecular weight is 352 g/mol. The van der Waals surface area contributed by atoms with Crippen molar-refractivity contribution >= 4 is 23.4 Å². The Labute approximate surface area is 146 Å². The zero-order valence-electron chi connectivity index (χ0n) is 13.5. The summed E-state index contributed by atoms with van der Waals surface area (Å²) >= 11 is 6.04. The summed E-state index contributed by atoms with van der Waals surface area (Å²) in [6.45, 7) is 4.40. The summed E-state index contributed by atoms with van der Waals surface area (Å²) in [5.74, 6) is 0.501. The molecule has 6 nitrogen and oxygen atoms in total. The van der Waals surface area contributed by atoms with E-state index in [1.54, 1.807) is 17.0 Å². The molecule has 7 heteroatoms. The largest absolute Gasteiger partial charge is 0.490 e. The van der Waals surface area contributed by atoms with E-state index in [9.17, 15) is 9.59 Å². The van der Waals surface area contributed by atoms with Crippen molar-refractivity contribution in [3.8, 4) is 5.75 Å². The molecule has 24 heavy (non-hydrogen) atoms. The molecule has 1 unspecified atom stereocenters. The smallest absolute Gasteiger partial charge is 0.228 e. The number of rotatable bonds is 5. The van der Waals surface area contributed by atoms with Gasteiger partial charge in [0.25, 0.3) is 0 Å². The monoisotopic (exact) mass is 351 g/mol. The van der Waals surface area contributed by atoms with E-state index >= 15 is 0 Å². The highest BCUT2D eigenvalue weighted by Gasteiger charge is 2.36. The van der Waals surface area contributed by atoms with Gasteiger partial charge in [-0.2, -0.15) is 0 Å². The number of halogens is 1. The molecule has 2 saturated heterocycles. The molecule has 2 amide bonds. The van der Waals surface area contributed by atoms with E-state index in [-0.39, 0.29) is 17.7 Å². The minimum atomic E-state index is -0.226. The van der Waals surface area contributed by atoms with Gasteiger partial charge >= 0.3 is 0 Å². The molecule has 2 aliphatic heterocycles. The Morgan fingerprint density at radius 3 is 2.79 bits per heavy atom. The van der Waals surface area contributed by atoms with Gasteiger partial charge in [0.05, 0.1) is 17.5 Å². The summed E-state index contributed by atoms with van der Waals surface area (Å²) < 4.78 is 5.63. The van der Waals surface area contributed by atoms with E-state index in [1.807, 2.05) is 17.0 Å². The number of carbonyl (C=O) groups is 2. The molecule has 0 bridgehead atoms. The van der Waals surface area contributed by atoms with E-state index in [1.165, 1.54) is 0 Å². The minimum absolute atomic E-state index is 0.0197. The van der Waals surface area contributed by atoms with Crippen molar-refractivity contribution in [2.75, 3.05) is 45.9 Å². The van der Waals surface area contributed by atoms with Crippen molar-refractivity contribution in [1.29, 1.82) is 0 Å². The van der Waals surface area contributed by atoms with Gasteiger partial charge in [-0.3, -0.25) is 9.59 Å². The predicted octanol–water partition coefficient (Wildman–Crippen LogP) is 0.999. The Kier molecular flexibility index (Phi) is 5.58. The highest BCUT2D eigenvalue weighted by molar-refractivity contribution is 6.32. The van der Waals surface area contributed by atoms with Gasteiger partial charge in [-0.25, -0.2) is 0 Å². The number of likely N-dealkylation sites (tertiary alicyclic amines) is 1. The highest BCUT2D eigenvalue weighted by Crippen LogP contribution is 2.24. The third-order valence-corrected chi connectivity index (χ3v) is 4.76. The Balaban J connectivity index is 1.48. The molecule has 0 aromatic heterocycles. The summed E-state index contributed by atoms with van der Waals surface area (Å²) in [4.78, 5) is 28.2. The molecule has 1 N–H and O–H groups in total. The van der Waals surface area contributed by atoms with Gasteiger partial charge in [0.1, 0.15) is 12.4 Å². The van der Waals surface area contributed by atoms with Crippen molar-refractivity contribution in [2.24, 2.45) is 5.92 Å². The average Bonchev–Trinajstić information content (AvgIpc) is 2.98. The number of ether oxygens (including phenoxy) is 1. The lowest BCUT2D eigenvalue weighted by Crippen LogP contribution is -2.48. The maximum Gasteiger partial charge on any atom is 0.228 e. The number of benzene rings is 1. The maximum atomic E-state index is 12.5. The van der Waals surface area contributed by atoms with Crippen LogP contribution in [0.2, 0.25) is 5.02 Å². The van der Waals surface area contributed by atoms with Crippen LogP contribution in [-0.4, -0.2) is 67.5 Å². The Hall–Kier alpha value is -1.79. The lowest BCUT2D eigenvalue weighted by atomic mass is 10.1. The van der Waals surface area contributed by atoms with Gasteiger partial charge in [-0.05, 0) is 12.1 Å². The molecule has 1 aromatic carbocycles. The van der Waals surface area contributed by atoms with Gasteiger partial charge in [-0.15, -0.1) is 0 Å². The topological polar surface area (TPSA) is 61.9 Å². The van der Waals surface area contributed by atoms with Gasteiger partial charge in [0.15, 0.2) is 0 Å². The van der Waals surface area contributed by atoms with Crippen LogP contribution in [-0.2, 0) is 9.59 Å². The molecule has 0 saturated carbocycles. The second-order valence-corrected chi connectivity index (χ2v) is 6.50. The van der Waals surface area contributed by atoms with Gasteiger partial charge in [0.2, 0.25) is 11.8 Å². The van der Waals surface area contributed by atoms with Crippen LogP contribution in [0.4, 0.5) is 0 Å². The second kappa shape index (κ2) is 7.85. The number of carbonyl (C=O) groups excluding carboxylic acids is 2. The molecule has 1 aromatic rings. The third kappa shape index (κ3) is 3.99. The molecule has 2 heterocycles. The molecule has 0 spiro atoms. The fourth-order valence-corrected chi connectivity index (χ4v) is 3.31. The summed E-state index contributed by atoms with van der Waals surface area (Å²) in [7, 11) is 0. The van der Waals surface area contributed by atoms with E-state index < -0.39 is 0 Å². The zero-order valence-corrected chi connectivity index (χ0v) is 14.3. The van der Waals surface area contributed by atoms with Crippen LogP contribution in [0.1, 0.15) is 6.42 Å². The Morgan fingerprint density at radius 1 is 1.29 bits per heavy atom. The van der Waals surface area contributed by atoms with Crippen molar-refractivity contribution in [1.82, 2.24) is 15.1 Å². The quantitative estimate of drug-likeness (QED) is 0.859. The standard InChI is InChI=1S/C17H22ClN3O3/c18-14-3-1-2-4-15(14)24-10-9-21-12-13(11-16(21)22)17(23)20-7-5-19-6-8-20/h1-4,13,19H,5-12H2. The Bertz CT molecular complexity index is 604. The normalized spacial score (nSPS) is 21.2. The number of amides is 2. The number of piperazine rings is 1. The van der Waals surface area contributed by atoms with Crippen molar-refractivity contribution in [3.63, 3.8) is 0 Å².